The van der Waals surface area contributed by atoms with Gasteiger partial charge in [-0.2, -0.15) is 0 Å². The van der Waals surface area contributed by atoms with Gasteiger partial charge < -0.3 is 9.64 Å². The van der Waals surface area contributed by atoms with E-state index in [-0.39, 0.29) is 12.0 Å². The Labute approximate surface area is 269 Å². The number of nitrogens with zero attached hydrogens (tertiary/aromatic N) is 1. The summed E-state index contributed by atoms with van der Waals surface area (Å²) in [6.07, 6.45) is 4.39. The highest BCUT2D eigenvalue weighted by Gasteiger charge is 2.39. The fourth-order valence-corrected chi connectivity index (χ4v) is 7.22. The van der Waals surface area contributed by atoms with E-state index in [1.165, 1.54) is 49.7 Å². The van der Waals surface area contributed by atoms with Gasteiger partial charge in [0.05, 0.1) is 17.3 Å². The van der Waals surface area contributed by atoms with Crippen LogP contribution in [0.3, 0.4) is 0 Å². The Kier molecular flexibility index (Phi) is 6.31. The lowest BCUT2D eigenvalue weighted by molar-refractivity contribution is 0.268. The van der Waals surface area contributed by atoms with Gasteiger partial charge in [0.15, 0.2) is 0 Å². The van der Waals surface area contributed by atoms with E-state index in [0.717, 1.165) is 22.8 Å². The van der Waals surface area contributed by atoms with Crippen LogP contribution in [0.4, 0.5) is 17.1 Å². The van der Waals surface area contributed by atoms with Crippen molar-refractivity contribution >= 4 is 33.9 Å². The lowest BCUT2D eigenvalue weighted by atomic mass is 9.82. The number of hydrogen-bond acceptors (Lipinski definition) is 2. The van der Waals surface area contributed by atoms with E-state index in [0.29, 0.717) is 0 Å². The maximum absolute atomic E-state index is 6.89. The molecule has 2 atom stereocenters. The average molecular weight is 590 g/mol. The van der Waals surface area contributed by atoms with Crippen LogP contribution >= 0.6 is 0 Å². The molecule has 0 saturated carbocycles. The highest BCUT2D eigenvalue weighted by atomic mass is 16.5. The number of para-hydroxylation sites is 2. The summed E-state index contributed by atoms with van der Waals surface area (Å²) >= 11 is 0. The molecule has 2 nitrogen and oxygen atoms in total. The molecule has 0 bridgehead atoms. The first-order valence-corrected chi connectivity index (χ1v) is 15.9. The van der Waals surface area contributed by atoms with Crippen molar-refractivity contribution in [3.05, 3.63) is 187 Å². The van der Waals surface area contributed by atoms with Crippen molar-refractivity contribution in [2.75, 3.05) is 4.90 Å². The predicted molar refractivity (Wildman–Crippen MR) is 191 cm³/mol. The third kappa shape index (κ3) is 4.42. The molecular formula is C44H31NO. The smallest absolute Gasteiger partial charge is 0.148 e. The Morgan fingerprint density at radius 3 is 2.04 bits per heavy atom. The zero-order valence-electron chi connectivity index (χ0n) is 25.3. The van der Waals surface area contributed by atoms with Gasteiger partial charge in [-0.05, 0) is 75.0 Å². The lowest BCUT2D eigenvalue weighted by Gasteiger charge is -2.29. The molecule has 2 aliphatic rings. The standard InChI is InChI=1S/C44H31NO/c1-2-11-30(12-3-1)32-23-26-36(27-24-32)45(40-19-9-8-16-37(40)35-22-21-31-13-4-5-15-34(31)29-35)41-20-10-18-39-43-38-17-7-6-14-33(38)25-28-42(43)46-44(39)41/h1-29,42-43H. The van der Waals surface area contributed by atoms with Gasteiger partial charge in [-0.25, -0.2) is 0 Å². The minimum absolute atomic E-state index is 0.0379. The van der Waals surface area contributed by atoms with Gasteiger partial charge in [-0.15, -0.1) is 0 Å². The molecule has 2 unspecified atom stereocenters. The number of anilines is 3. The summed E-state index contributed by atoms with van der Waals surface area (Å²) in [6, 6.07) is 58.8. The van der Waals surface area contributed by atoms with E-state index in [2.05, 4.69) is 181 Å². The van der Waals surface area contributed by atoms with Crippen LogP contribution in [0.2, 0.25) is 0 Å². The molecule has 9 rings (SSSR count). The maximum Gasteiger partial charge on any atom is 0.148 e. The van der Waals surface area contributed by atoms with Crippen molar-refractivity contribution in [1.82, 2.24) is 0 Å². The van der Waals surface area contributed by atoms with E-state index in [1.807, 2.05) is 0 Å². The third-order valence-corrected chi connectivity index (χ3v) is 9.42. The van der Waals surface area contributed by atoms with Crippen molar-refractivity contribution in [3.8, 4) is 28.0 Å². The fraction of sp³-hybridized carbons (Fsp3) is 0.0455. The summed E-state index contributed by atoms with van der Waals surface area (Å²) in [7, 11) is 0. The number of hydrogen-bond donors (Lipinski definition) is 0. The van der Waals surface area contributed by atoms with E-state index in [4.69, 9.17) is 4.74 Å². The first kappa shape index (κ1) is 26.5. The molecule has 0 fully saturated rings. The van der Waals surface area contributed by atoms with Crippen LogP contribution < -0.4 is 9.64 Å². The second kappa shape index (κ2) is 10.9. The van der Waals surface area contributed by atoms with Gasteiger partial charge in [0, 0.05) is 16.8 Å². The third-order valence-electron chi connectivity index (χ3n) is 9.42. The lowest BCUT2D eigenvalue weighted by Crippen LogP contribution is -2.20. The van der Waals surface area contributed by atoms with Crippen molar-refractivity contribution in [2.45, 2.75) is 12.0 Å². The van der Waals surface area contributed by atoms with Gasteiger partial charge in [-0.1, -0.05) is 140 Å². The Morgan fingerprint density at radius 1 is 0.478 bits per heavy atom. The second-order valence-corrected chi connectivity index (χ2v) is 12.1. The Morgan fingerprint density at radius 2 is 1.15 bits per heavy atom. The minimum Gasteiger partial charge on any atom is -0.483 e. The van der Waals surface area contributed by atoms with Gasteiger partial charge in [0.25, 0.3) is 0 Å². The van der Waals surface area contributed by atoms with E-state index >= 15 is 0 Å². The number of benzene rings is 7. The molecule has 7 aromatic rings. The van der Waals surface area contributed by atoms with Crippen LogP contribution in [0.5, 0.6) is 5.75 Å². The van der Waals surface area contributed by atoms with E-state index in [9.17, 15) is 0 Å². The molecule has 0 saturated heterocycles. The van der Waals surface area contributed by atoms with Crippen LogP contribution in [-0.2, 0) is 0 Å². The summed E-state index contributed by atoms with van der Waals surface area (Å²) in [5, 5.41) is 2.47. The summed E-state index contributed by atoms with van der Waals surface area (Å²) in [4.78, 5) is 2.38. The van der Waals surface area contributed by atoms with Crippen LogP contribution in [0.15, 0.2) is 170 Å². The maximum atomic E-state index is 6.89. The molecule has 7 aromatic carbocycles. The molecular weight excluding hydrogens is 558 g/mol. The molecule has 0 amide bonds. The summed E-state index contributed by atoms with van der Waals surface area (Å²) < 4.78 is 6.89. The van der Waals surface area contributed by atoms with Gasteiger partial charge in [-0.3, -0.25) is 0 Å². The fourth-order valence-electron chi connectivity index (χ4n) is 7.22. The van der Waals surface area contributed by atoms with Crippen molar-refractivity contribution in [2.24, 2.45) is 0 Å². The average Bonchev–Trinajstić information content (AvgIpc) is 3.53. The van der Waals surface area contributed by atoms with Crippen molar-refractivity contribution < 1.29 is 4.74 Å². The number of fused-ring (bicyclic) bond motifs is 6. The van der Waals surface area contributed by atoms with Gasteiger partial charge in [0.1, 0.15) is 11.9 Å². The SMILES string of the molecule is C1=CC2Oc3c(cccc3N(c3ccc(-c4ccccc4)cc3)c3ccccc3-c3ccc4ccccc4c3)C2c2ccccc21. The molecule has 46 heavy (non-hydrogen) atoms. The molecule has 0 spiro atoms. The topological polar surface area (TPSA) is 12.5 Å². The van der Waals surface area contributed by atoms with Crippen molar-refractivity contribution in [1.29, 1.82) is 0 Å². The zero-order valence-corrected chi connectivity index (χ0v) is 25.3. The molecule has 0 aromatic heterocycles. The van der Waals surface area contributed by atoms with Crippen LogP contribution in [0.1, 0.15) is 22.6 Å². The highest BCUT2D eigenvalue weighted by Crippen LogP contribution is 2.53. The van der Waals surface area contributed by atoms with Crippen LogP contribution in [0.25, 0.3) is 39.1 Å². The zero-order chi connectivity index (χ0) is 30.5. The first-order valence-electron chi connectivity index (χ1n) is 15.9. The summed E-state index contributed by atoms with van der Waals surface area (Å²) in [5.74, 6) is 1.11. The molecule has 218 valence electrons. The molecule has 1 aliphatic heterocycles. The predicted octanol–water partition coefficient (Wildman–Crippen LogP) is 11.6. The number of ether oxygens (including phenoxy) is 1. The monoisotopic (exact) mass is 589 g/mol. The quantitative estimate of drug-likeness (QED) is 0.198. The molecule has 1 heterocycles. The van der Waals surface area contributed by atoms with E-state index in [1.54, 1.807) is 0 Å². The summed E-state index contributed by atoms with van der Waals surface area (Å²) in [6.45, 7) is 0. The second-order valence-electron chi connectivity index (χ2n) is 12.1. The molecule has 2 heteroatoms. The Bertz CT molecular complexity index is 2250. The minimum atomic E-state index is -0.0379. The van der Waals surface area contributed by atoms with Gasteiger partial charge in [0.2, 0.25) is 0 Å². The van der Waals surface area contributed by atoms with Crippen LogP contribution in [-0.4, -0.2) is 6.10 Å². The van der Waals surface area contributed by atoms with Crippen molar-refractivity contribution in [3.63, 3.8) is 0 Å². The highest BCUT2D eigenvalue weighted by molar-refractivity contribution is 5.94. The Balaban J connectivity index is 1.24. The normalized spacial score (nSPS) is 15.9. The Hall–Kier alpha value is -5.86. The number of rotatable bonds is 5. The van der Waals surface area contributed by atoms with Gasteiger partial charge >= 0.3 is 0 Å². The summed E-state index contributed by atoms with van der Waals surface area (Å²) in [5.41, 5.74) is 11.8. The molecule has 0 radical (unpaired) electrons. The first-order chi connectivity index (χ1) is 22.8. The largest absolute Gasteiger partial charge is 0.483 e. The van der Waals surface area contributed by atoms with E-state index < -0.39 is 0 Å². The van der Waals surface area contributed by atoms with Crippen LogP contribution in [0, 0.1) is 0 Å². The molecule has 1 aliphatic carbocycles. The molecule has 0 N–H and O–H groups in total.